The number of nitrogens with zero attached hydrogens (tertiary/aromatic N) is 2. The van der Waals surface area contributed by atoms with Crippen molar-refractivity contribution in [3.05, 3.63) is 47.8 Å². The van der Waals surface area contributed by atoms with Crippen molar-refractivity contribution < 1.29 is 23.0 Å². The maximum absolute atomic E-state index is 12.5. The summed E-state index contributed by atoms with van der Waals surface area (Å²) in [5.41, 5.74) is -0.163. The summed E-state index contributed by atoms with van der Waals surface area (Å²) in [4.78, 5) is 6.93. The quantitative estimate of drug-likeness (QED) is 0.938. The zero-order valence-corrected chi connectivity index (χ0v) is 10.3. The molecule has 0 aliphatic heterocycles. The van der Waals surface area contributed by atoms with Gasteiger partial charge in [-0.25, -0.2) is 4.98 Å². The Bertz CT molecular complexity index is 571. The molecule has 1 aromatic carbocycles. The summed E-state index contributed by atoms with van der Waals surface area (Å²) < 4.78 is 42.6. The van der Waals surface area contributed by atoms with Crippen molar-refractivity contribution in [1.29, 1.82) is 0 Å². The number of aliphatic hydroxyl groups excluding tert-OH is 1. The van der Waals surface area contributed by atoms with Gasteiger partial charge in [0, 0.05) is 12.8 Å². The van der Waals surface area contributed by atoms with Gasteiger partial charge in [-0.3, -0.25) is 0 Å². The summed E-state index contributed by atoms with van der Waals surface area (Å²) in [6.07, 6.45) is -3.04. The molecular formula is C13H11F3N2O2. The Labute approximate surface area is 112 Å². The van der Waals surface area contributed by atoms with E-state index in [1.54, 1.807) is 24.3 Å². The van der Waals surface area contributed by atoms with Gasteiger partial charge in [0.2, 0.25) is 0 Å². The van der Waals surface area contributed by atoms with Crippen molar-refractivity contribution >= 4 is 0 Å². The number of aliphatic hydroxyl groups is 1. The number of rotatable bonds is 4. The van der Waals surface area contributed by atoms with Gasteiger partial charge in [0.05, 0.1) is 0 Å². The van der Waals surface area contributed by atoms with E-state index >= 15 is 0 Å². The van der Waals surface area contributed by atoms with Crippen LogP contribution in [0.2, 0.25) is 0 Å². The fraction of sp³-hybridized carbons (Fsp3) is 0.231. The van der Waals surface area contributed by atoms with Crippen molar-refractivity contribution in [1.82, 2.24) is 9.97 Å². The first kappa shape index (κ1) is 14.3. The monoisotopic (exact) mass is 284 g/mol. The predicted molar refractivity (Wildman–Crippen MR) is 64.3 cm³/mol. The Balaban J connectivity index is 2.13. The molecule has 0 radical (unpaired) electrons. The number of ether oxygens (including phenoxy) is 1. The Morgan fingerprint density at radius 3 is 2.40 bits per heavy atom. The van der Waals surface area contributed by atoms with Crippen LogP contribution in [-0.2, 0) is 12.6 Å². The second-order valence-corrected chi connectivity index (χ2v) is 3.94. The maximum Gasteiger partial charge on any atom is 0.433 e. The number of alkyl halides is 3. The Morgan fingerprint density at radius 1 is 1.10 bits per heavy atom. The van der Waals surface area contributed by atoms with Crippen molar-refractivity contribution in [3.8, 4) is 11.8 Å². The van der Waals surface area contributed by atoms with Crippen molar-refractivity contribution in [2.24, 2.45) is 0 Å². The van der Waals surface area contributed by atoms with Crippen molar-refractivity contribution in [3.63, 3.8) is 0 Å². The highest BCUT2D eigenvalue weighted by atomic mass is 19.4. The molecule has 106 valence electrons. The molecule has 0 bridgehead atoms. The van der Waals surface area contributed by atoms with E-state index in [0.29, 0.717) is 12.2 Å². The molecule has 0 aliphatic carbocycles. The molecule has 20 heavy (non-hydrogen) atoms. The van der Waals surface area contributed by atoms with Gasteiger partial charge in [0.15, 0.2) is 5.69 Å². The Hall–Kier alpha value is -2.15. The molecule has 0 amide bonds. The summed E-state index contributed by atoms with van der Waals surface area (Å²) in [6, 6.07) is 6.98. The molecule has 4 nitrogen and oxygen atoms in total. The molecule has 0 spiro atoms. The van der Waals surface area contributed by atoms with Crippen LogP contribution in [0.15, 0.2) is 36.5 Å². The zero-order valence-electron chi connectivity index (χ0n) is 10.3. The lowest BCUT2D eigenvalue weighted by molar-refractivity contribution is -0.141. The van der Waals surface area contributed by atoms with Gasteiger partial charge in [-0.05, 0) is 30.2 Å². The van der Waals surface area contributed by atoms with Gasteiger partial charge in [-0.2, -0.15) is 18.2 Å². The predicted octanol–water partition coefficient (Wildman–Crippen LogP) is 2.82. The minimum Gasteiger partial charge on any atom is -0.424 e. The highest BCUT2D eigenvalue weighted by Gasteiger charge is 2.33. The van der Waals surface area contributed by atoms with E-state index < -0.39 is 11.9 Å². The molecule has 1 aromatic heterocycles. The van der Waals surface area contributed by atoms with Gasteiger partial charge < -0.3 is 9.84 Å². The molecule has 0 saturated heterocycles. The van der Waals surface area contributed by atoms with Crippen LogP contribution in [-0.4, -0.2) is 21.7 Å². The number of hydrogen-bond donors (Lipinski definition) is 1. The Morgan fingerprint density at radius 2 is 1.80 bits per heavy atom. The molecule has 2 aromatic rings. The first-order valence-electron chi connectivity index (χ1n) is 5.77. The molecule has 7 heteroatoms. The average molecular weight is 284 g/mol. The molecule has 2 rings (SSSR count). The molecule has 1 heterocycles. The molecule has 0 atom stereocenters. The first-order chi connectivity index (χ1) is 9.49. The topological polar surface area (TPSA) is 55.2 Å². The van der Waals surface area contributed by atoms with E-state index in [0.717, 1.165) is 17.8 Å². The van der Waals surface area contributed by atoms with E-state index in [2.05, 4.69) is 9.97 Å². The van der Waals surface area contributed by atoms with E-state index in [4.69, 9.17) is 9.84 Å². The number of halogens is 3. The third-order valence-electron chi connectivity index (χ3n) is 2.46. The van der Waals surface area contributed by atoms with Gasteiger partial charge in [0.1, 0.15) is 5.75 Å². The van der Waals surface area contributed by atoms with Crippen LogP contribution >= 0.6 is 0 Å². The number of hydrogen-bond acceptors (Lipinski definition) is 4. The minimum absolute atomic E-state index is 0.0247. The summed E-state index contributed by atoms with van der Waals surface area (Å²) in [5.74, 6) is 0.325. The van der Waals surface area contributed by atoms with Crippen LogP contribution in [0.1, 0.15) is 11.3 Å². The SMILES string of the molecule is OCCc1ccc(Oc2nccc(C(F)(F)F)n2)cc1. The van der Waals surface area contributed by atoms with Crippen molar-refractivity contribution in [2.45, 2.75) is 12.6 Å². The van der Waals surface area contributed by atoms with Gasteiger partial charge in [-0.15, -0.1) is 0 Å². The summed E-state index contributed by atoms with van der Waals surface area (Å²) >= 11 is 0. The smallest absolute Gasteiger partial charge is 0.424 e. The lowest BCUT2D eigenvalue weighted by Gasteiger charge is -2.08. The molecule has 0 fully saturated rings. The van der Waals surface area contributed by atoms with Crippen LogP contribution in [0.4, 0.5) is 13.2 Å². The summed E-state index contributed by atoms with van der Waals surface area (Å²) in [5, 5.41) is 8.77. The van der Waals surface area contributed by atoms with Crippen LogP contribution in [0, 0.1) is 0 Å². The third kappa shape index (κ3) is 3.67. The second-order valence-electron chi connectivity index (χ2n) is 3.94. The highest BCUT2D eigenvalue weighted by Crippen LogP contribution is 2.28. The van der Waals surface area contributed by atoms with E-state index in [1.165, 1.54) is 0 Å². The zero-order chi connectivity index (χ0) is 14.6. The van der Waals surface area contributed by atoms with Crippen LogP contribution in [0.3, 0.4) is 0 Å². The molecule has 0 aliphatic rings. The molecule has 0 saturated carbocycles. The van der Waals surface area contributed by atoms with Crippen molar-refractivity contribution in [2.75, 3.05) is 6.61 Å². The fourth-order valence-electron chi connectivity index (χ4n) is 1.51. The molecule has 1 N–H and O–H groups in total. The van der Waals surface area contributed by atoms with E-state index in [1.807, 2.05) is 0 Å². The van der Waals surface area contributed by atoms with Gasteiger partial charge >= 0.3 is 12.2 Å². The van der Waals surface area contributed by atoms with Crippen LogP contribution in [0.25, 0.3) is 0 Å². The number of aromatic nitrogens is 2. The first-order valence-corrected chi connectivity index (χ1v) is 5.77. The Kier molecular flexibility index (Phi) is 4.19. The normalized spacial score (nSPS) is 11.4. The van der Waals surface area contributed by atoms with Gasteiger partial charge in [-0.1, -0.05) is 12.1 Å². The number of benzene rings is 1. The lowest BCUT2D eigenvalue weighted by Crippen LogP contribution is -2.08. The van der Waals surface area contributed by atoms with Gasteiger partial charge in [0.25, 0.3) is 0 Å². The van der Waals surface area contributed by atoms with E-state index in [-0.39, 0.29) is 12.6 Å². The summed E-state index contributed by atoms with van der Waals surface area (Å²) in [6.45, 7) is 0.0247. The molecule has 0 unspecified atom stereocenters. The largest absolute Gasteiger partial charge is 0.433 e. The fourth-order valence-corrected chi connectivity index (χ4v) is 1.51. The highest BCUT2D eigenvalue weighted by molar-refractivity contribution is 5.29. The van der Waals surface area contributed by atoms with E-state index in [9.17, 15) is 13.2 Å². The standard InChI is InChI=1S/C13H11F3N2O2/c14-13(15,16)11-5-7-17-12(18-11)20-10-3-1-9(2-4-10)6-8-19/h1-5,7,19H,6,8H2. The summed E-state index contributed by atoms with van der Waals surface area (Å²) in [7, 11) is 0. The average Bonchev–Trinajstić information content (AvgIpc) is 2.41. The van der Waals surface area contributed by atoms with Crippen LogP contribution < -0.4 is 4.74 Å². The second kappa shape index (κ2) is 5.87. The molecular weight excluding hydrogens is 273 g/mol. The minimum atomic E-state index is -4.54. The van der Waals surface area contributed by atoms with Crippen LogP contribution in [0.5, 0.6) is 11.8 Å². The maximum atomic E-state index is 12.5. The third-order valence-corrected chi connectivity index (χ3v) is 2.46. The lowest BCUT2D eigenvalue weighted by atomic mass is 10.1.